The second-order valence-electron chi connectivity index (χ2n) is 6.63. The van der Waals surface area contributed by atoms with Gasteiger partial charge in [-0.3, -0.25) is 0 Å². The summed E-state index contributed by atoms with van der Waals surface area (Å²) in [6, 6.07) is 0.746. The molecule has 17 heavy (non-hydrogen) atoms. The third kappa shape index (κ3) is 4.26. The van der Waals surface area contributed by atoms with Crippen LogP contribution in [0.3, 0.4) is 0 Å². The SMILES string of the molecule is CC1CCCC(N)(CNC2CCCCCC2)C1. The number of nitrogens with two attached hydrogens (primary N) is 1. The summed E-state index contributed by atoms with van der Waals surface area (Å²) in [7, 11) is 0. The molecule has 0 aliphatic heterocycles. The Bertz CT molecular complexity index is 221. The summed E-state index contributed by atoms with van der Waals surface area (Å²) in [5, 5.41) is 3.77. The molecule has 2 heteroatoms. The highest BCUT2D eigenvalue weighted by atomic mass is 15.0. The minimum atomic E-state index is 0.0873. The predicted octanol–water partition coefficient (Wildman–Crippen LogP) is 3.21. The molecular formula is C15H30N2. The Balaban J connectivity index is 1.75. The standard InChI is InChI=1S/C15H30N2/c1-13-7-6-10-15(16,11-13)12-17-14-8-4-2-3-5-9-14/h13-14,17H,2-12,16H2,1H3. The Hall–Kier alpha value is -0.0800. The molecule has 0 bridgehead atoms. The highest BCUT2D eigenvalue weighted by molar-refractivity contribution is 4.92. The fourth-order valence-corrected chi connectivity index (χ4v) is 3.69. The average molecular weight is 238 g/mol. The number of nitrogens with one attached hydrogen (secondary N) is 1. The van der Waals surface area contributed by atoms with E-state index in [2.05, 4.69) is 12.2 Å². The Kier molecular flexibility index (Phi) is 4.87. The van der Waals surface area contributed by atoms with Gasteiger partial charge in [0, 0.05) is 18.1 Å². The van der Waals surface area contributed by atoms with Crippen LogP contribution in [0, 0.1) is 5.92 Å². The van der Waals surface area contributed by atoms with Crippen molar-refractivity contribution in [2.24, 2.45) is 11.7 Å². The maximum Gasteiger partial charge on any atom is 0.0283 e. The Labute approximate surface area is 107 Å². The zero-order valence-electron chi connectivity index (χ0n) is 11.5. The second-order valence-corrected chi connectivity index (χ2v) is 6.63. The van der Waals surface area contributed by atoms with Gasteiger partial charge in [0.25, 0.3) is 0 Å². The highest BCUT2D eigenvalue weighted by Crippen LogP contribution is 2.30. The Morgan fingerprint density at radius 3 is 2.41 bits per heavy atom. The molecule has 0 heterocycles. The van der Waals surface area contributed by atoms with Gasteiger partial charge in [-0.25, -0.2) is 0 Å². The van der Waals surface area contributed by atoms with Gasteiger partial charge in [-0.15, -0.1) is 0 Å². The molecule has 2 saturated carbocycles. The van der Waals surface area contributed by atoms with Gasteiger partial charge in [-0.1, -0.05) is 45.4 Å². The molecule has 2 atom stereocenters. The van der Waals surface area contributed by atoms with Gasteiger partial charge < -0.3 is 11.1 Å². The van der Waals surface area contributed by atoms with Crippen LogP contribution in [0.1, 0.15) is 71.1 Å². The lowest BCUT2D eigenvalue weighted by Gasteiger charge is -2.38. The van der Waals surface area contributed by atoms with Crippen LogP contribution in [0.2, 0.25) is 0 Å². The molecule has 100 valence electrons. The van der Waals surface area contributed by atoms with Gasteiger partial charge >= 0.3 is 0 Å². The van der Waals surface area contributed by atoms with Crippen molar-refractivity contribution < 1.29 is 0 Å². The molecule has 2 unspecified atom stereocenters. The zero-order valence-corrected chi connectivity index (χ0v) is 11.5. The lowest BCUT2D eigenvalue weighted by Crippen LogP contribution is -2.53. The first-order valence-corrected chi connectivity index (χ1v) is 7.70. The van der Waals surface area contributed by atoms with E-state index in [4.69, 9.17) is 5.73 Å². The first-order valence-electron chi connectivity index (χ1n) is 7.70. The van der Waals surface area contributed by atoms with Gasteiger partial charge in [-0.2, -0.15) is 0 Å². The summed E-state index contributed by atoms with van der Waals surface area (Å²) in [4.78, 5) is 0. The maximum atomic E-state index is 6.54. The van der Waals surface area contributed by atoms with E-state index in [0.717, 1.165) is 18.5 Å². The van der Waals surface area contributed by atoms with Crippen LogP contribution >= 0.6 is 0 Å². The van der Waals surface area contributed by atoms with Gasteiger partial charge in [0.2, 0.25) is 0 Å². The molecule has 0 amide bonds. The van der Waals surface area contributed by atoms with Crippen molar-refractivity contribution in [3.05, 3.63) is 0 Å². The van der Waals surface area contributed by atoms with Crippen LogP contribution in [0.25, 0.3) is 0 Å². The summed E-state index contributed by atoms with van der Waals surface area (Å²) >= 11 is 0. The van der Waals surface area contributed by atoms with Crippen molar-refractivity contribution >= 4 is 0 Å². The predicted molar refractivity (Wildman–Crippen MR) is 74.0 cm³/mol. The molecule has 0 aromatic heterocycles. The fourth-order valence-electron chi connectivity index (χ4n) is 3.69. The average Bonchev–Trinajstić information content (AvgIpc) is 2.54. The molecule has 0 spiro atoms. The second kappa shape index (κ2) is 6.19. The molecule has 2 aliphatic rings. The third-order valence-corrected chi connectivity index (χ3v) is 4.72. The van der Waals surface area contributed by atoms with Gasteiger partial charge in [0.1, 0.15) is 0 Å². The topological polar surface area (TPSA) is 38.0 Å². The Morgan fingerprint density at radius 1 is 1.06 bits per heavy atom. The molecular weight excluding hydrogens is 208 g/mol. The minimum absolute atomic E-state index is 0.0873. The van der Waals surface area contributed by atoms with Crippen LogP contribution in [0.5, 0.6) is 0 Å². The highest BCUT2D eigenvalue weighted by Gasteiger charge is 2.31. The van der Waals surface area contributed by atoms with Crippen molar-refractivity contribution in [2.75, 3.05) is 6.54 Å². The number of hydrogen-bond acceptors (Lipinski definition) is 2. The minimum Gasteiger partial charge on any atom is -0.324 e. The summed E-state index contributed by atoms with van der Waals surface area (Å²) in [5.74, 6) is 0.824. The molecule has 2 fully saturated rings. The summed E-state index contributed by atoms with van der Waals surface area (Å²) < 4.78 is 0. The van der Waals surface area contributed by atoms with Gasteiger partial charge in [0.05, 0.1) is 0 Å². The lowest BCUT2D eigenvalue weighted by atomic mass is 9.77. The van der Waals surface area contributed by atoms with Gasteiger partial charge in [-0.05, 0) is 31.6 Å². The quantitative estimate of drug-likeness (QED) is 0.741. The van der Waals surface area contributed by atoms with Crippen LogP contribution in [0.15, 0.2) is 0 Å². The van der Waals surface area contributed by atoms with Crippen LogP contribution in [0.4, 0.5) is 0 Å². The molecule has 0 saturated heterocycles. The summed E-state index contributed by atoms with van der Waals surface area (Å²) in [6.45, 7) is 3.40. The smallest absolute Gasteiger partial charge is 0.0283 e. The van der Waals surface area contributed by atoms with Crippen molar-refractivity contribution in [2.45, 2.75) is 82.7 Å². The maximum absolute atomic E-state index is 6.54. The first-order chi connectivity index (χ1) is 8.18. The van der Waals surface area contributed by atoms with Crippen molar-refractivity contribution in [3.8, 4) is 0 Å². The van der Waals surface area contributed by atoms with Crippen LogP contribution in [-0.4, -0.2) is 18.1 Å². The monoisotopic (exact) mass is 238 g/mol. The summed E-state index contributed by atoms with van der Waals surface area (Å²) in [6.07, 6.45) is 13.6. The molecule has 0 radical (unpaired) electrons. The molecule has 0 aromatic carbocycles. The lowest BCUT2D eigenvalue weighted by molar-refractivity contribution is 0.220. The van der Waals surface area contributed by atoms with Crippen LogP contribution in [-0.2, 0) is 0 Å². The van der Waals surface area contributed by atoms with E-state index in [1.807, 2.05) is 0 Å². The van der Waals surface area contributed by atoms with E-state index in [-0.39, 0.29) is 5.54 Å². The zero-order chi connectivity index (χ0) is 12.1. The van der Waals surface area contributed by atoms with E-state index < -0.39 is 0 Å². The van der Waals surface area contributed by atoms with Crippen molar-refractivity contribution in [1.29, 1.82) is 0 Å². The third-order valence-electron chi connectivity index (χ3n) is 4.72. The van der Waals surface area contributed by atoms with Crippen molar-refractivity contribution in [3.63, 3.8) is 0 Å². The molecule has 2 aliphatic carbocycles. The number of hydrogen-bond donors (Lipinski definition) is 2. The number of rotatable bonds is 3. The van der Waals surface area contributed by atoms with Crippen LogP contribution < -0.4 is 11.1 Å². The van der Waals surface area contributed by atoms with E-state index in [9.17, 15) is 0 Å². The Morgan fingerprint density at radius 2 is 1.76 bits per heavy atom. The van der Waals surface area contributed by atoms with Crippen molar-refractivity contribution in [1.82, 2.24) is 5.32 Å². The van der Waals surface area contributed by atoms with E-state index in [1.54, 1.807) is 0 Å². The summed E-state index contributed by atoms with van der Waals surface area (Å²) in [5.41, 5.74) is 6.63. The van der Waals surface area contributed by atoms with E-state index in [1.165, 1.54) is 64.2 Å². The molecule has 2 rings (SSSR count). The van der Waals surface area contributed by atoms with E-state index in [0.29, 0.717) is 0 Å². The molecule has 3 N–H and O–H groups in total. The molecule has 2 nitrogen and oxygen atoms in total. The largest absolute Gasteiger partial charge is 0.324 e. The van der Waals surface area contributed by atoms with Gasteiger partial charge in [0.15, 0.2) is 0 Å². The molecule has 0 aromatic rings. The fraction of sp³-hybridized carbons (Fsp3) is 1.00. The first kappa shape index (κ1) is 13.4. The normalized spacial score (nSPS) is 36.7. The van der Waals surface area contributed by atoms with E-state index >= 15 is 0 Å².